The summed E-state index contributed by atoms with van der Waals surface area (Å²) >= 11 is 0. The van der Waals surface area contributed by atoms with Gasteiger partial charge in [0.1, 0.15) is 6.04 Å². The molecule has 1 aromatic carbocycles. The van der Waals surface area contributed by atoms with Crippen molar-refractivity contribution in [1.82, 2.24) is 14.5 Å². The Labute approximate surface area is 150 Å². The average Bonchev–Trinajstić information content (AvgIpc) is 3.11. The van der Waals surface area contributed by atoms with Crippen molar-refractivity contribution in [1.29, 1.82) is 0 Å². The van der Waals surface area contributed by atoms with E-state index in [2.05, 4.69) is 5.32 Å². The molecule has 1 atom stereocenters. The fourth-order valence-corrected chi connectivity index (χ4v) is 4.63. The van der Waals surface area contributed by atoms with Crippen molar-refractivity contribution in [2.75, 3.05) is 26.2 Å². The maximum Gasteiger partial charge on any atom is 0.326 e. The van der Waals surface area contributed by atoms with Crippen molar-refractivity contribution in [2.45, 2.75) is 23.8 Å². The van der Waals surface area contributed by atoms with Crippen LogP contribution in [0.1, 0.15) is 23.2 Å². The summed E-state index contributed by atoms with van der Waals surface area (Å²) < 4.78 is 26.5. The lowest BCUT2D eigenvalue weighted by atomic mass is 10.1. The van der Waals surface area contributed by atoms with Crippen molar-refractivity contribution < 1.29 is 27.9 Å². The summed E-state index contributed by atoms with van der Waals surface area (Å²) in [5.41, 5.74) is 0.112. The Morgan fingerprint density at radius 3 is 2.69 bits per heavy atom. The second-order valence-electron chi connectivity index (χ2n) is 6.21. The van der Waals surface area contributed by atoms with E-state index >= 15 is 0 Å². The summed E-state index contributed by atoms with van der Waals surface area (Å²) in [5.74, 6) is -1.96. The number of carbonyl (C=O) groups is 3. The first kappa shape index (κ1) is 18.3. The Balaban J connectivity index is 1.87. The van der Waals surface area contributed by atoms with Gasteiger partial charge in [-0.25, -0.2) is 13.2 Å². The molecule has 2 N–H and O–H groups in total. The van der Waals surface area contributed by atoms with E-state index < -0.39 is 27.9 Å². The molecule has 2 fully saturated rings. The van der Waals surface area contributed by atoms with E-state index in [0.29, 0.717) is 19.4 Å². The van der Waals surface area contributed by atoms with Crippen molar-refractivity contribution in [3.8, 4) is 0 Å². The molecule has 1 aromatic rings. The van der Waals surface area contributed by atoms with Crippen LogP contribution in [-0.4, -0.2) is 72.7 Å². The Bertz CT molecular complexity index is 853. The number of rotatable bonds is 4. The summed E-state index contributed by atoms with van der Waals surface area (Å²) in [5, 5.41) is 11.8. The van der Waals surface area contributed by atoms with Crippen LogP contribution in [0.4, 0.5) is 0 Å². The van der Waals surface area contributed by atoms with Gasteiger partial charge in [-0.05, 0) is 31.0 Å². The third-order valence-corrected chi connectivity index (χ3v) is 6.36. The first-order valence-electron chi connectivity index (χ1n) is 8.21. The van der Waals surface area contributed by atoms with Gasteiger partial charge in [-0.1, -0.05) is 6.07 Å². The number of benzene rings is 1. The monoisotopic (exact) mass is 381 g/mol. The Kier molecular flexibility index (Phi) is 4.97. The molecule has 0 aliphatic carbocycles. The third kappa shape index (κ3) is 3.42. The van der Waals surface area contributed by atoms with Gasteiger partial charge in [-0.15, -0.1) is 0 Å². The molecule has 0 radical (unpaired) electrons. The molecule has 2 saturated heterocycles. The van der Waals surface area contributed by atoms with Crippen LogP contribution in [0.15, 0.2) is 29.2 Å². The highest BCUT2D eigenvalue weighted by Gasteiger charge is 2.35. The Morgan fingerprint density at radius 1 is 1.23 bits per heavy atom. The van der Waals surface area contributed by atoms with Crippen LogP contribution >= 0.6 is 0 Å². The van der Waals surface area contributed by atoms with Gasteiger partial charge in [-0.2, -0.15) is 4.31 Å². The summed E-state index contributed by atoms with van der Waals surface area (Å²) in [6, 6.07) is 4.60. The molecule has 2 amide bonds. The van der Waals surface area contributed by atoms with Crippen LogP contribution < -0.4 is 5.32 Å². The van der Waals surface area contributed by atoms with E-state index in [1.807, 2.05) is 0 Å². The molecule has 140 valence electrons. The van der Waals surface area contributed by atoms with Gasteiger partial charge in [0.25, 0.3) is 5.91 Å². The molecule has 0 bridgehead atoms. The van der Waals surface area contributed by atoms with Crippen LogP contribution in [0.2, 0.25) is 0 Å². The number of sulfonamides is 1. The molecular formula is C16H19N3O6S. The predicted octanol–water partition coefficient (Wildman–Crippen LogP) is -0.504. The second kappa shape index (κ2) is 7.04. The number of piperazine rings is 1. The topological polar surface area (TPSA) is 124 Å². The molecule has 0 unspecified atom stereocenters. The number of carbonyl (C=O) groups excluding carboxylic acids is 2. The first-order valence-corrected chi connectivity index (χ1v) is 9.65. The summed E-state index contributed by atoms with van der Waals surface area (Å²) in [4.78, 5) is 36.6. The van der Waals surface area contributed by atoms with Crippen molar-refractivity contribution in [2.24, 2.45) is 0 Å². The minimum atomic E-state index is -3.92. The van der Waals surface area contributed by atoms with Crippen LogP contribution in [-0.2, 0) is 19.6 Å². The highest BCUT2D eigenvalue weighted by Crippen LogP contribution is 2.23. The fourth-order valence-electron chi connectivity index (χ4n) is 3.19. The standard InChI is InChI=1S/C16H19N3O6S/c20-14-10-18(8-6-17-14)26(24,25)12-4-1-3-11(9-12)15(21)19-7-2-5-13(19)16(22)23/h1,3-4,9,13H,2,5-8,10H2,(H,17,20)(H,22,23)/t13-/m0/s1. The number of nitrogens with zero attached hydrogens (tertiary/aromatic N) is 2. The highest BCUT2D eigenvalue weighted by atomic mass is 32.2. The largest absolute Gasteiger partial charge is 0.480 e. The minimum Gasteiger partial charge on any atom is -0.480 e. The maximum atomic E-state index is 12.7. The van der Waals surface area contributed by atoms with Gasteiger partial charge in [0.15, 0.2) is 0 Å². The lowest BCUT2D eigenvalue weighted by Crippen LogP contribution is -2.49. The second-order valence-corrected chi connectivity index (χ2v) is 8.15. The van der Waals surface area contributed by atoms with E-state index in [9.17, 15) is 27.9 Å². The zero-order chi connectivity index (χ0) is 18.9. The van der Waals surface area contributed by atoms with E-state index in [-0.39, 0.29) is 36.0 Å². The number of hydrogen-bond acceptors (Lipinski definition) is 5. The molecule has 10 heteroatoms. The summed E-state index contributed by atoms with van der Waals surface area (Å²) in [6.07, 6.45) is 0.964. The number of carboxylic acids is 1. The van der Waals surface area contributed by atoms with Gasteiger partial charge in [-0.3, -0.25) is 9.59 Å². The van der Waals surface area contributed by atoms with Crippen LogP contribution in [0, 0.1) is 0 Å². The molecular weight excluding hydrogens is 362 g/mol. The number of aliphatic carboxylic acids is 1. The first-order chi connectivity index (χ1) is 12.3. The lowest BCUT2D eigenvalue weighted by Gasteiger charge is -2.26. The van der Waals surface area contributed by atoms with Gasteiger partial charge in [0.05, 0.1) is 11.4 Å². The number of nitrogens with one attached hydrogen (secondary N) is 1. The molecule has 9 nitrogen and oxygen atoms in total. The molecule has 2 aliphatic heterocycles. The summed E-state index contributed by atoms with van der Waals surface area (Å²) in [6.45, 7) is 0.428. The average molecular weight is 381 g/mol. The SMILES string of the molecule is O=C1CN(S(=O)(=O)c2cccc(C(=O)N3CCC[C@H]3C(=O)O)c2)CCN1. The van der Waals surface area contributed by atoms with E-state index in [1.54, 1.807) is 0 Å². The summed E-state index contributed by atoms with van der Waals surface area (Å²) in [7, 11) is -3.92. The minimum absolute atomic E-state index is 0.0934. The van der Waals surface area contributed by atoms with E-state index in [0.717, 1.165) is 4.31 Å². The predicted molar refractivity (Wildman–Crippen MR) is 89.9 cm³/mol. The van der Waals surface area contributed by atoms with Gasteiger partial charge in [0.2, 0.25) is 15.9 Å². The molecule has 2 heterocycles. The van der Waals surface area contributed by atoms with E-state index in [1.165, 1.54) is 29.2 Å². The number of amides is 2. The lowest BCUT2D eigenvalue weighted by molar-refractivity contribution is -0.141. The van der Waals surface area contributed by atoms with Gasteiger partial charge >= 0.3 is 5.97 Å². The third-order valence-electron chi connectivity index (χ3n) is 4.52. The molecule has 26 heavy (non-hydrogen) atoms. The zero-order valence-electron chi connectivity index (χ0n) is 13.9. The molecule has 3 rings (SSSR count). The number of hydrogen-bond donors (Lipinski definition) is 2. The van der Waals surface area contributed by atoms with Crippen LogP contribution in [0.3, 0.4) is 0 Å². The number of likely N-dealkylation sites (tertiary alicyclic amines) is 1. The Morgan fingerprint density at radius 2 is 2.00 bits per heavy atom. The van der Waals surface area contributed by atoms with Crippen LogP contribution in [0.25, 0.3) is 0 Å². The molecule has 0 spiro atoms. The van der Waals surface area contributed by atoms with Crippen molar-refractivity contribution in [3.05, 3.63) is 29.8 Å². The normalized spacial score (nSPS) is 21.5. The van der Waals surface area contributed by atoms with Crippen molar-refractivity contribution in [3.63, 3.8) is 0 Å². The smallest absolute Gasteiger partial charge is 0.326 e. The van der Waals surface area contributed by atoms with Crippen molar-refractivity contribution >= 4 is 27.8 Å². The van der Waals surface area contributed by atoms with Gasteiger partial charge < -0.3 is 15.3 Å². The fraction of sp³-hybridized carbons (Fsp3) is 0.438. The van der Waals surface area contributed by atoms with Crippen LogP contribution in [0.5, 0.6) is 0 Å². The maximum absolute atomic E-state index is 12.7. The zero-order valence-corrected chi connectivity index (χ0v) is 14.7. The van der Waals surface area contributed by atoms with Gasteiger partial charge in [0, 0.05) is 25.2 Å². The number of carboxylic acid groups (broad SMARTS) is 1. The quantitative estimate of drug-likeness (QED) is 0.724. The van der Waals surface area contributed by atoms with E-state index in [4.69, 9.17) is 0 Å². The molecule has 2 aliphatic rings. The highest BCUT2D eigenvalue weighted by molar-refractivity contribution is 7.89. The molecule has 0 aromatic heterocycles. The Hall–Kier alpha value is -2.46. The molecule has 0 saturated carbocycles.